The van der Waals surface area contributed by atoms with Crippen LogP contribution in [-0.4, -0.2) is 38.2 Å². The van der Waals surface area contributed by atoms with Crippen LogP contribution in [0.25, 0.3) is 0 Å². The number of fused-ring (bicyclic) bond motifs is 5. The number of ether oxygens (including phenoxy) is 1. The van der Waals surface area contributed by atoms with Gasteiger partial charge < -0.3 is 14.3 Å². The van der Waals surface area contributed by atoms with Crippen molar-refractivity contribution < 1.29 is 19.1 Å². The van der Waals surface area contributed by atoms with Gasteiger partial charge in [0.2, 0.25) is 0 Å². The molecule has 0 heterocycles. The zero-order valence-corrected chi connectivity index (χ0v) is 35.0. The molecule has 0 radical (unpaired) electrons. The maximum absolute atomic E-state index is 12.9. The van der Waals surface area contributed by atoms with Gasteiger partial charge in [0.1, 0.15) is 0 Å². The Labute approximate surface area is 317 Å². The molecule has 3 fully saturated rings. The van der Waals surface area contributed by atoms with Gasteiger partial charge in [-0.05, 0) is 133 Å². The molecule has 4 nitrogen and oxygen atoms in total. The Morgan fingerprint density at radius 1 is 0.885 bits per heavy atom. The summed E-state index contributed by atoms with van der Waals surface area (Å²) in [6.07, 6.45) is 13.3. The number of allylic oxidation sites excluding steroid dienone is 1. The van der Waals surface area contributed by atoms with Crippen molar-refractivity contribution in [3.05, 3.63) is 72.3 Å². The molecule has 52 heavy (non-hydrogen) atoms. The second-order valence-electron chi connectivity index (χ2n) is 19.4. The van der Waals surface area contributed by atoms with Gasteiger partial charge in [-0.1, -0.05) is 128 Å². The number of aliphatic hydroxyl groups excluding tert-OH is 1. The van der Waals surface area contributed by atoms with Gasteiger partial charge in [-0.15, -0.1) is 0 Å². The molecule has 4 aliphatic carbocycles. The summed E-state index contributed by atoms with van der Waals surface area (Å²) in [6, 6.07) is 22.3. The first-order valence-corrected chi connectivity index (χ1v) is 22.9. The number of aliphatic hydroxyl groups is 1. The maximum Gasteiger partial charge on any atom is 0.309 e. The van der Waals surface area contributed by atoms with Crippen molar-refractivity contribution in [3.63, 3.8) is 0 Å². The third-order valence-electron chi connectivity index (χ3n) is 15.0. The third kappa shape index (κ3) is 7.17. The highest BCUT2D eigenvalue weighted by atomic mass is 28.4. The van der Waals surface area contributed by atoms with E-state index in [2.05, 4.69) is 122 Å². The van der Waals surface area contributed by atoms with Crippen molar-refractivity contribution in [1.82, 2.24) is 0 Å². The van der Waals surface area contributed by atoms with Gasteiger partial charge in [0.05, 0.1) is 18.6 Å². The fraction of sp³-hybridized carbons (Fsp3) is 0.681. The molecular formula is C47H70O4Si. The Hall–Kier alpha value is -2.21. The summed E-state index contributed by atoms with van der Waals surface area (Å²) in [5.74, 6) is 2.83. The van der Waals surface area contributed by atoms with Crippen molar-refractivity contribution in [3.8, 4) is 0 Å². The van der Waals surface area contributed by atoms with Crippen LogP contribution in [0.5, 0.6) is 0 Å². The highest BCUT2D eigenvalue weighted by Gasteiger charge is 2.60. The van der Waals surface area contributed by atoms with Crippen molar-refractivity contribution in [2.45, 2.75) is 144 Å². The first kappa shape index (κ1) is 39.5. The molecular weight excluding hydrogens is 657 g/mol. The van der Waals surface area contributed by atoms with Crippen LogP contribution in [0.15, 0.2) is 72.3 Å². The molecule has 0 saturated heterocycles. The van der Waals surface area contributed by atoms with Gasteiger partial charge in [-0.2, -0.15) is 0 Å². The molecule has 0 bridgehead atoms. The minimum absolute atomic E-state index is 0.0196. The predicted octanol–water partition coefficient (Wildman–Crippen LogP) is 10.1. The van der Waals surface area contributed by atoms with Crippen molar-refractivity contribution in [2.24, 2.45) is 52.3 Å². The van der Waals surface area contributed by atoms with Crippen LogP contribution >= 0.6 is 0 Å². The van der Waals surface area contributed by atoms with Crippen LogP contribution in [0.4, 0.5) is 0 Å². The standard InChI is InChI=1S/C47H70O4Si/c1-10-50-44(49)34(29-32(2)3)30-43(48)33(4)40-23-24-41-39-22-21-35-31-36(25-27-46(35,8)42(39)26-28-47(40,41)9)51-52(45(5,6)7,37-17-13-11-14-18-37)38-19-15-12-16-20-38/h11-21,32-34,36,39-43,48H,10,22-31H2,1-9H3/t33-,34+,36-,39-,40+,41-,42-,43+,46-,47+/m0/s1. The SMILES string of the molecule is CCOC(=O)[C@H](CC(C)C)C[C@@H](O)[C@@H](C)[C@H]1CC[C@H]2[C@@H]3CC=C4C[C@@H](O[Si](c5ccccc5)(c5ccccc5)C(C)(C)C)CC[C@]4(C)[C@H]3CC[C@]12C. The lowest BCUT2D eigenvalue weighted by Crippen LogP contribution is -2.68. The second-order valence-corrected chi connectivity index (χ2v) is 23.6. The summed E-state index contributed by atoms with van der Waals surface area (Å²) in [5.41, 5.74) is 2.15. The van der Waals surface area contributed by atoms with E-state index < -0.39 is 14.4 Å². The van der Waals surface area contributed by atoms with Crippen molar-refractivity contribution >= 4 is 24.7 Å². The molecule has 6 rings (SSSR count). The van der Waals surface area contributed by atoms with Gasteiger partial charge in [0.25, 0.3) is 8.32 Å². The molecule has 5 heteroatoms. The van der Waals surface area contributed by atoms with E-state index in [1.54, 1.807) is 5.57 Å². The summed E-state index contributed by atoms with van der Waals surface area (Å²) < 4.78 is 13.2. The lowest BCUT2D eigenvalue weighted by molar-refractivity contribution is -0.150. The summed E-state index contributed by atoms with van der Waals surface area (Å²) in [4.78, 5) is 12.9. The van der Waals surface area contributed by atoms with E-state index >= 15 is 0 Å². The Balaban J connectivity index is 1.20. The van der Waals surface area contributed by atoms with Crippen LogP contribution in [0.1, 0.15) is 127 Å². The number of carbonyl (C=O) groups is 1. The van der Waals surface area contributed by atoms with Crippen molar-refractivity contribution in [2.75, 3.05) is 6.61 Å². The molecule has 1 N–H and O–H groups in total. The first-order chi connectivity index (χ1) is 24.7. The highest BCUT2D eigenvalue weighted by Crippen LogP contribution is 2.67. The number of esters is 1. The molecule has 0 aromatic heterocycles. The molecule has 0 aliphatic heterocycles. The van der Waals surface area contributed by atoms with E-state index in [9.17, 15) is 9.90 Å². The number of hydrogen-bond acceptors (Lipinski definition) is 4. The first-order valence-electron chi connectivity index (χ1n) is 21.0. The largest absolute Gasteiger partial charge is 0.466 e. The number of hydrogen-bond donors (Lipinski definition) is 1. The van der Waals surface area contributed by atoms with Crippen LogP contribution in [0.2, 0.25) is 5.04 Å². The zero-order chi connectivity index (χ0) is 37.5. The fourth-order valence-corrected chi connectivity index (χ4v) is 17.2. The van der Waals surface area contributed by atoms with Crippen LogP contribution in [0.3, 0.4) is 0 Å². The quantitative estimate of drug-likeness (QED) is 0.134. The topological polar surface area (TPSA) is 55.8 Å². The Kier molecular flexibility index (Phi) is 11.8. The van der Waals surface area contributed by atoms with E-state index in [1.807, 2.05) is 6.92 Å². The number of rotatable bonds is 12. The van der Waals surface area contributed by atoms with Gasteiger partial charge in [0.15, 0.2) is 0 Å². The van der Waals surface area contributed by atoms with E-state index in [4.69, 9.17) is 9.16 Å². The molecule has 0 unspecified atom stereocenters. The van der Waals surface area contributed by atoms with E-state index in [-0.39, 0.29) is 39.8 Å². The molecule has 2 aromatic rings. The van der Waals surface area contributed by atoms with Gasteiger partial charge in [0, 0.05) is 6.10 Å². The summed E-state index contributed by atoms with van der Waals surface area (Å²) in [5, 5.41) is 14.4. The molecule has 0 amide bonds. The Morgan fingerprint density at radius 3 is 2.10 bits per heavy atom. The summed E-state index contributed by atoms with van der Waals surface area (Å²) in [6.45, 7) is 21.2. The van der Waals surface area contributed by atoms with Crippen LogP contribution in [0, 0.1) is 52.3 Å². The predicted molar refractivity (Wildman–Crippen MR) is 217 cm³/mol. The highest BCUT2D eigenvalue weighted by molar-refractivity contribution is 6.99. The van der Waals surface area contributed by atoms with E-state index in [1.165, 1.54) is 48.9 Å². The molecule has 286 valence electrons. The number of carbonyl (C=O) groups excluding carboxylic acids is 1. The van der Waals surface area contributed by atoms with E-state index in [0.29, 0.717) is 36.7 Å². The van der Waals surface area contributed by atoms with Crippen molar-refractivity contribution in [1.29, 1.82) is 0 Å². The average molecular weight is 727 g/mol. The van der Waals surface area contributed by atoms with E-state index in [0.717, 1.165) is 25.2 Å². The lowest BCUT2D eigenvalue weighted by atomic mass is 9.47. The average Bonchev–Trinajstić information content (AvgIpc) is 3.47. The molecule has 2 aromatic carbocycles. The van der Waals surface area contributed by atoms with Crippen LogP contribution in [-0.2, 0) is 14.0 Å². The minimum atomic E-state index is -2.61. The third-order valence-corrected chi connectivity index (χ3v) is 20.1. The zero-order valence-electron chi connectivity index (χ0n) is 34.0. The second kappa shape index (κ2) is 15.5. The maximum atomic E-state index is 12.9. The van der Waals surface area contributed by atoms with Gasteiger partial charge in [-0.3, -0.25) is 4.79 Å². The molecule has 0 spiro atoms. The summed E-state index contributed by atoms with van der Waals surface area (Å²) in [7, 11) is -2.61. The number of benzene rings is 2. The van der Waals surface area contributed by atoms with Gasteiger partial charge >= 0.3 is 5.97 Å². The fourth-order valence-electron chi connectivity index (χ4n) is 12.5. The molecule has 10 atom stereocenters. The smallest absolute Gasteiger partial charge is 0.309 e. The normalized spacial score (nSPS) is 32.2. The Morgan fingerprint density at radius 2 is 1.52 bits per heavy atom. The van der Waals surface area contributed by atoms with Gasteiger partial charge in [-0.25, -0.2) is 0 Å². The Bertz CT molecular complexity index is 1490. The summed E-state index contributed by atoms with van der Waals surface area (Å²) >= 11 is 0. The lowest BCUT2D eigenvalue weighted by Gasteiger charge is -2.59. The monoisotopic (exact) mass is 727 g/mol. The molecule has 3 saturated carbocycles. The van der Waals surface area contributed by atoms with Crippen LogP contribution < -0.4 is 10.4 Å². The molecule has 4 aliphatic rings. The minimum Gasteiger partial charge on any atom is -0.466 e.